The first-order valence-electron chi connectivity index (χ1n) is 12.3. The minimum absolute atomic E-state index is 0.00770. The first-order valence-corrected chi connectivity index (χ1v) is 12.3. The van der Waals surface area contributed by atoms with E-state index < -0.39 is 0 Å². The number of anilines is 1. The molecule has 0 aromatic carbocycles. The summed E-state index contributed by atoms with van der Waals surface area (Å²) in [5.74, 6) is 1.93. The third kappa shape index (κ3) is 3.85. The summed E-state index contributed by atoms with van der Waals surface area (Å²) in [6.07, 6.45) is 8.34. The van der Waals surface area contributed by atoms with Gasteiger partial charge in [0.25, 0.3) is 0 Å². The smallest absolute Gasteiger partial charge is 0.241 e. The van der Waals surface area contributed by atoms with E-state index in [1.54, 1.807) is 6.26 Å². The van der Waals surface area contributed by atoms with Crippen LogP contribution in [0.2, 0.25) is 0 Å². The molecule has 3 saturated heterocycles. The van der Waals surface area contributed by atoms with E-state index in [-0.39, 0.29) is 30.1 Å². The van der Waals surface area contributed by atoms with Gasteiger partial charge in [0.1, 0.15) is 17.6 Å². The number of hydrazine groups is 1. The van der Waals surface area contributed by atoms with E-state index in [4.69, 9.17) is 20.2 Å². The second kappa shape index (κ2) is 8.68. The Morgan fingerprint density at radius 1 is 1.24 bits per heavy atom. The number of furan rings is 1. The highest BCUT2D eigenvalue weighted by molar-refractivity contribution is 5.82. The van der Waals surface area contributed by atoms with Crippen LogP contribution < -0.4 is 21.5 Å². The molecule has 0 saturated carbocycles. The summed E-state index contributed by atoms with van der Waals surface area (Å²) >= 11 is 0. The summed E-state index contributed by atoms with van der Waals surface area (Å²) in [4.78, 5) is 22.7. The van der Waals surface area contributed by atoms with E-state index in [9.17, 15) is 4.79 Å². The van der Waals surface area contributed by atoms with Crippen molar-refractivity contribution in [2.45, 2.75) is 63.2 Å². The van der Waals surface area contributed by atoms with Crippen molar-refractivity contribution >= 4 is 17.4 Å². The van der Waals surface area contributed by atoms with Crippen molar-refractivity contribution in [1.82, 2.24) is 30.3 Å². The zero-order valence-electron chi connectivity index (χ0n) is 19.5. The molecule has 3 fully saturated rings. The van der Waals surface area contributed by atoms with Gasteiger partial charge in [-0.25, -0.2) is 20.4 Å². The molecule has 6 heterocycles. The van der Waals surface area contributed by atoms with Gasteiger partial charge in [-0.1, -0.05) is 0 Å². The Balaban J connectivity index is 1.24. The number of rotatable bonds is 4. The number of piperidine rings is 1. The summed E-state index contributed by atoms with van der Waals surface area (Å²) in [5.41, 5.74) is 15.3. The van der Waals surface area contributed by atoms with Gasteiger partial charge >= 0.3 is 0 Å². The van der Waals surface area contributed by atoms with Gasteiger partial charge in [0.15, 0.2) is 5.65 Å². The highest BCUT2D eigenvalue weighted by atomic mass is 16.3. The van der Waals surface area contributed by atoms with Crippen LogP contribution in [0.5, 0.6) is 0 Å². The molecule has 4 atom stereocenters. The normalized spacial score (nSPS) is 27.7. The zero-order valence-corrected chi connectivity index (χ0v) is 19.5. The lowest BCUT2D eigenvalue weighted by Crippen LogP contribution is -2.48. The molecule has 3 aliphatic rings. The zero-order chi connectivity index (χ0) is 23.2. The number of fused-ring (bicyclic) bond motifs is 1. The van der Waals surface area contributed by atoms with Crippen molar-refractivity contribution < 1.29 is 9.21 Å². The number of nitrogens with zero attached hydrogens (tertiary/aromatic N) is 5. The van der Waals surface area contributed by atoms with Gasteiger partial charge in [0, 0.05) is 43.5 Å². The summed E-state index contributed by atoms with van der Waals surface area (Å²) in [7, 11) is 0. The van der Waals surface area contributed by atoms with Crippen molar-refractivity contribution in [2.75, 3.05) is 24.5 Å². The molecule has 6 rings (SSSR count). The molecule has 0 radical (unpaired) electrons. The van der Waals surface area contributed by atoms with Gasteiger partial charge in [-0.2, -0.15) is 5.10 Å². The number of aromatic nitrogens is 3. The fraction of sp³-hybridized carbons (Fsp3) is 0.542. The van der Waals surface area contributed by atoms with Crippen LogP contribution in [0, 0.1) is 6.92 Å². The number of hydrogen-bond acceptors (Lipinski definition) is 8. The fourth-order valence-electron chi connectivity index (χ4n) is 5.58. The standard InChI is InChI=1S/C24H32N8O2/c1-15-13-32-22(26-23(15)30-9-7-16(25)14-30)12-17(29-32)20-5-2-3-8-31(20)24(33)19-11-18(27-28-19)21-6-4-10-34-21/h4,6,10,12-13,16,18-20,27-28H,2-3,5,7-9,11,14,25H2,1H3/t16-,18?,19?,20-/m0/s1. The number of carbonyl (C=O) groups is 1. The lowest BCUT2D eigenvalue weighted by atomic mass is 9.97. The molecule has 3 aliphatic heterocycles. The van der Waals surface area contributed by atoms with Gasteiger partial charge in [-0.15, -0.1) is 0 Å². The molecule has 4 N–H and O–H groups in total. The van der Waals surface area contributed by atoms with Crippen LogP contribution in [0.3, 0.4) is 0 Å². The largest absolute Gasteiger partial charge is 0.468 e. The topological polar surface area (TPSA) is 117 Å². The highest BCUT2D eigenvalue weighted by Gasteiger charge is 2.38. The summed E-state index contributed by atoms with van der Waals surface area (Å²) in [5, 5.41) is 4.86. The van der Waals surface area contributed by atoms with Crippen LogP contribution in [-0.4, -0.2) is 57.1 Å². The van der Waals surface area contributed by atoms with Crippen LogP contribution in [0.1, 0.15) is 61.2 Å². The number of likely N-dealkylation sites (tertiary alicyclic amines) is 1. The Morgan fingerprint density at radius 3 is 2.94 bits per heavy atom. The minimum atomic E-state index is -0.293. The molecule has 10 heteroatoms. The summed E-state index contributed by atoms with van der Waals surface area (Å²) < 4.78 is 7.37. The molecule has 2 unspecified atom stereocenters. The molecular formula is C24H32N8O2. The van der Waals surface area contributed by atoms with E-state index in [0.717, 1.165) is 73.8 Å². The number of aryl methyl sites for hydroxylation is 1. The van der Waals surface area contributed by atoms with Crippen molar-refractivity contribution in [2.24, 2.45) is 5.73 Å². The predicted molar refractivity (Wildman–Crippen MR) is 127 cm³/mol. The SMILES string of the molecule is Cc1cn2nc([C@@H]3CCCCN3C(=O)C3CC(c4ccco4)NN3)cc2nc1N1CC[C@H](N)C1. The Kier molecular flexibility index (Phi) is 5.51. The van der Waals surface area contributed by atoms with Crippen molar-refractivity contribution in [1.29, 1.82) is 0 Å². The molecule has 180 valence electrons. The molecule has 3 aromatic rings. The number of nitrogens with one attached hydrogen (secondary N) is 2. The van der Waals surface area contributed by atoms with Crippen molar-refractivity contribution in [3.8, 4) is 0 Å². The van der Waals surface area contributed by atoms with Crippen molar-refractivity contribution in [3.63, 3.8) is 0 Å². The molecule has 0 aliphatic carbocycles. The summed E-state index contributed by atoms with van der Waals surface area (Å²) in [6.45, 7) is 4.57. The minimum Gasteiger partial charge on any atom is -0.468 e. The second-order valence-corrected chi connectivity index (χ2v) is 9.80. The highest BCUT2D eigenvalue weighted by Crippen LogP contribution is 2.33. The van der Waals surface area contributed by atoms with Gasteiger partial charge < -0.3 is 20.0 Å². The molecular weight excluding hydrogens is 432 g/mol. The van der Waals surface area contributed by atoms with Crippen LogP contribution in [-0.2, 0) is 4.79 Å². The third-order valence-corrected chi connectivity index (χ3v) is 7.36. The van der Waals surface area contributed by atoms with Gasteiger partial charge in [-0.3, -0.25) is 4.79 Å². The first kappa shape index (κ1) is 21.6. The number of hydrogen-bond donors (Lipinski definition) is 3. The van der Waals surface area contributed by atoms with E-state index in [1.807, 2.05) is 33.8 Å². The maximum atomic E-state index is 13.6. The maximum Gasteiger partial charge on any atom is 0.241 e. The number of nitrogens with two attached hydrogens (primary N) is 1. The fourth-order valence-corrected chi connectivity index (χ4v) is 5.58. The van der Waals surface area contributed by atoms with E-state index in [1.165, 1.54) is 0 Å². The molecule has 10 nitrogen and oxygen atoms in total. The van der Waals surface area contributed by atoms with Crippen LogP contribution in [0.15, 0.2) is 35.1 Å². The Hall–Kier alpha value is -2.95. The van der Waals surface area contributed by atoms with Crippen LogP contribution in [0.4, 0.5) is 5.82 Å². The Morgan fingerprint density at radius 2 is 2.15 bits per heavy atom. The van der Waals surface area contributed by atoms with Crippen molar-refractivity contribution in [3.05, 3.63) is 47.7 Å². The van der Waals surface area contributed by atoms with Gasteiger partial charge in [0.2, 0.25) is 5.91 Å². The van der Waals surface area contributed by atoms with E-state index >= 15 is 0 Å². The Labute approximate surface area is 198 Å². The average Bonchev–Trinajstić information content (AvgIpc) is 3.64. The van der Waals surface area contributed by atoms with E-state index in [0.29, 0.717) is 6.42 Å². The number of amides is 1. The molecule has 3 aromatic heterocycles. The molecule has 1 amide bonds. The molecule has 0 bridgehead atoms. The average molecular weight is 465 g/mol. The monoisotopic (exact) mass is 464 g/mol. The van der Waals surface area contributed by atoms with Gasteiger partial charge in [-0.05, 0) is 51.2 Å². The molecule has 0 spiro atoms. The van der Waals surface area contributed by atoms with Crippen LogP contribution in [0.25, 0.3) is 5.65 Å². The molecule has 34 heavy (non-hydrogen) atoms. The number of carbonyl (C=O) groups excluding carboxylic acids is 1. The first-order chi connectivity index (χ1) is 16.6. The lowest BCUT2D eigenvalue weighted by molar-refractivity contribution is -0.137. The maximum absolute atomic E-state index is 13.6. The lowest BCUT2D eigenvalue weighted by Gasteiger charge is -2.36. The summed E-state index contributed by atoms with van der Waals surface area (Å²) in [6, 6.07) is 5.70. The second-order valence-electron chi connectivity index (χ2n) is 9.80. The Bertz CT molecular complexity index is 1180. The third-order valence-electron chi connectivity index (χ3n) is 7.36. The van der Waals surface area contributed by atoms with Crippen LogP contribution >= 0.6 is 0 Å². The van der Waals surface area contributed by atoms with Gasteiger partial charge in [0.05, 0.1) is 24.0 Å². The van der Waals surface area contributed by atoms with E-state index in [2.05, 4.69) is 22.7 Å². The quantitative estimate of drug-likeness (QED) is 0.535. The predicted octanol–water partition coefficient (Wildman–Crippen LogP) is 1.83.